The van der Waals surface area contributed by atoms with Crippen molar-refractivity contribution >= 4 is 0 Å². The van der Waals surface area contributed by atoms with Crippen LogP contribution in [0.25, 0.3) is 0 Å². The van der Waals surface area contributed by atoms with Crippen LogP contribution in [0.15, 0.2) is 18.2 Å². The summed E-state index contributed by atoms with van der Waals surface area (Å²) in [4.78, 5) is 0. The Hall–Kier alpha value is -2.21. The zero-order valence-electron chi connectivity index (χ0n) is 15.5. The fourth-order valence-corrected chi connectivity index (χ4v) is 3.15. The highest BCUT2D eigenvalue weighted by Crippen LogP contribution is 2.31. The van der Waals surface area contributed by atoms with Gasteiger partial charge in [0.1, 0.15) is 13.2 Å². The van der Waals surface area contributed by atoms with Gasteiger partial charge in [0, 0.05) is 13.6 Å². The Labute approximate surface area is 149 Å². The highest BCUT2D eigenvalue weighted by atomic mass is 16.6. The van der Waals surface area contributed by atoms with Gasteiger partial charge in [0.2, 0.25) is 5.88 Å². The molecule has 0 spiro atoms. The van der Waals surface area contributed by atoms with Gasteiger partial charge >= 0.3 is 0 Å². The van der Waals surface area contributed by atoms with E-state index in [-0.39, 0.29) is 0 Å². The van der Waals surface area contributed by atoms with Crippen molar-refractivity contribution in [1.82, 2.24) is 15.1 Å². The number of rotatable bonds is 7. The molecule has 1 N–H and O–H groups in total. The van der Waals surface area contributed by atoms with E-state index >= 15 is 0 Å². The number of aromatic nitrogens is 2. The molecule has 136 valence electrons. The Bertz CT molecular complexity index is 725. The number of hydrogen-bond donors (Lipinski definition) is 1. The monoisotopic (exact) mass is 345 g/mol. The van der Waals surface area contributed by atoms with E-state index in [4.69, 9.17) is 14.2 Å². The van der Waals surface area contributed by atoms with Crippen LogP contribution in [0.3, 0.4) is 0 Å². The predicted octanol–water partition coefficient (Wildman–Crippen LogP) is 2.66. The number of benzene rings is 1. The van der Waals surface area contributed by atoms with Crippen LogP contribution in [0.1, 0.15) is 36.6 Å². The van der Waals surface area contributed by atoms with Crippen molar-refractivity contribution in [2.75, 3.05) is 26.9 Å². The van der Waals surface area contributed by atoms with E-state index in [1.165, 1.54) is 5.56 Å². The summed E-state index contributed by atoms with van der Waals surface area (Å²) in [6.07, 6.45) is 0.927. The molecule has 0 saturated heterocycles. The molecule has 0 atom stereocenters. The van der Waals surface area contributed by atoms with E-state index in [0.717, 1.165) is 48.1 Å². The maximum atomic E-state index is 5.64. The van der Waals surface area contributed by atoms with E-state index < -0.39 is 0 Å². The molecular weight excluding hydrogens is 318 g/mol. The Balaban J connectivity index is 1.58. The minimum absolute atomic E-state index is 0.365. The lowest BCUT2D eigenvalue weighted by Gasteiger charge is -2.19. The van der Waals surface area contributed by atoms with Crippen molar-refractivity contribution in [3.8, 4) is 17.4 Å². The third-order valence-electron chi connectivity index (χ3n) is 4.36. The highest BCUT2D eigenvalue weighted by molar-refractivity contribution is 5.43. The van der Waals surface area contributed by atoms with Gasteiger partial charge in [0.25, 0.3) is 0 Å². The van der Waals surface area contributed by atoms with E-state index in [1.54, 1.807) is 7.11 Å². The number of nitrogens with zero attached hydrogens (tertiary/aromatic N) is 2. The molecule has 2 heterocycles. The summed E-state index contributed by atoms with van der Waals surface area (Å²) in [6, 6.07) is 6.16. The summed E-state index contributed by atoms with van der Waals surface area (Å²) >= 11 is 0. The quantitative estimate of drug-likeness (QED) is 0.782. The van der Waals surface area contributed by atoms with Gasteiger partial charge in [-0.1, -0.05) is 19.9 Å². The molecule has 0 saturated carbocycles. The Kier molecular flexibility index (Phi) is 5.48. The molecule has 0 radical (unpaired) electrons. The van der Waals surface area contributed by atoms with Gasteiger partial charge in [-0.05, 0) is 36.6 Å². The van der Waals surface area contributed by atoms with Crippen LogP contribution in [0, 0.1) is 0 Å². The minimum atomic E-state index is 0.365. The molecule has 0 amide bonds. The first-order chi connectivity index (χ1) is 12.1. The average molecular weight is 345 g/mol. The Morgan fingerprint density at radius 1 is 1.24 bits per heavy atom. The maximum Gasteiger partial charge on any atom is 0.216 e. The number of fused-ring (bicyclic) bond motifs is 1. The number of aryl methyl sites for hydroxylation is 1. The molecule has 6 heteroatoms. The lowest BCUT2D eigenvalue weighted by molar-refractivity contribution is 0.171. The Morgan fingerprint density at radius 2 is 2.00 bits per heavy atom. The summed E-state index contributed by atoms with van der Waals surface area (Å²) < 4.78 is 18.5. The van der Waals surface area contributed by atoms with Crippen molar-refractivity contribution in [3.05, 3.63) is 35.0 Å². The average Bonchev–Trinajstić information content (AvgIpc) is 2.94. The molecule has 3 rings (SSSR count). The zero-order chi connectivity index (χ0) is 17.8. The van der Waals surface area contributed by atoms with Gasteiger partial charge in [-0.15, -0.1) is 0 Å². The van der Waals surface area contributed by atoms with E-state index in [0.29, 0.717) is 19.1 Å². The molecule has 0 fully saturated rings. The van der Waals surface area contributed by atoms with Crippen LogP contribution in [-0.4, -0.2) is 36.6 Å². The summed E-state index contributed by atoms with van der Waals surface area (Å²) in [5.41, 5.74) is 3.47. The van der Waals surface area contributed by atoms with Crippen molar-refractivity contribution in [3.63, 3.8) is 0 Å². The van der Waals surface area contributed by atoms with Crippen LogP contribution < -0.4 is 19.5 Å². The third kappa shape index (κ3) is 3.90. The zero-order valence-corrected chi connectivity index (χ0v) is 15.5. The number of hydrogen-bond acceptors (Lipinski definition) is 5. The minimum Gasteiger partial charge on any atom is -0.486 e. The molecule has 0 bridgehead atoms. The van der Waals surface area contributed by atoms with Crippen LogP contribution >= 0.6 is 0 Å². The third-order valence-corrected chi connectivity index (χ3v) is 4.36. The molecular formula is C19H27N3O3. The SMILES string of the molecule is COc1c(CNCCc2ccc3c(c2)OCCO3)c(C(C)C)nn1C. The first-order valence-electron chi connectivity index (χ1n) is 8.79. The smallest absolute Gasteiger partial charge is 0.216 e. The normalized spacial score (nSPS) is 13.3. The molecule has 1 aromatic carbocycles. The number of ether oxygens (including phenoxy) is 3. The van der Waals surface area contributed by atoms with Crippen LogP contribution in [0.5, 0.6) is 17.4 Å². The number of methoxy groups -OCH3 is 1. The van der Waals surface area contributed by atoms with Gasteiger partial charge < -0.3 is 19.5 Å². The molecule has 2 aromatic rings. The lowest BCUT2D eigenvalue weighted by atomic mass is 10.1. The van der Waals surface area contributed by atoms with Crippen molar-refractivity contribution in [2.24, 2.45) is 7.05 Å². The summed E-state index contributed by atoms with van der Waals surface area (Å²) in [6.45, 7) is 7.16. The highest BCUT2D eigenvalue weighted by Gasteiger charge is 2.18. The second-order valence-corrected chi connectivity index (χ2v) is 6.56. The fraction of sp³-hybridized carbons (Fsp3) is 0.526. The Morgan fingerprint density at radius 3 is 2.72 bits per heavy atom. The van der Waals surface area contributed by atoms with Crippen molar-refractivity contribution in [2.45, 2.75) is 32.7 Å². The summed E-state index contributed by atoms with van der Waals surface area (Å²) in [5.74, 6) is 2.88. The van der Waals surface area contributed by atoms with Gasteiger partial charge in [0.05, 0.1) is 18.4 Å². The molecule has 0 unspecified atom stereocenters. The topological polar surface area (TPSA) is 57.5 Å². The van der Waals surface area contributed by atoms with E-state index in [1.807, 2.05) is 17.8 Å². The second-order valence-electron chi connectivity index (χ2n) is 6.56. The van der Waals surface area contributed by atoms with E-state index in [2.05, 4.69) is 36.4 Å². The van der Waals surface area contributed by atoms with Crippen LogP contribution in [0.2, 0.25) is 0 Å². The van der Waals surface area contributed by atoms with Crippen molar-refractivity contribution < 1.29 is 14.2 Å². The number of nitrogens with one attached hydrogen (secondary N) is 1. The molecule has 1 aliphatic rings. The first kappa shape index (κ1) is 17.6. The molecule has 0 aliphatic carbocycles. The fourth-order valence-electron chi connectivity index (χ4n) is 3.15. The predicted molar refractivity (Wildman–Crippen MR) is 96.7 cm³/mol. The van der Waals surface area contributed by atoms with Crippen LogP contribution in [-0.2, 0) is 20.0 Å². The molecule has 25 heavy (non-hydrogen) atoms. The lowest BCUT2D eigenvalue weighted by Crippen LogP contribution is -2.18. The largest absolute Gasteiger partial charge is 0.486 e. The van der Waals surface area contributed by atoms with Gasteiger partial charge in [-0.25, -0.2) is 4.68 Å². The molecule has 6 nitrogen and oxygen atoms in total. The van der Waals surface area contributed by atoms with Crippen LogP contribution in [0.4, 0.5) is 0 Å². The summed E-state index contributed by atoms with van der Waals surface area (Å²) in [5, 5.41) is 8.10. The van der Waals surface area contributed by atoms with Gasteiger partial charge in [-0.2, -0.15) is 5.10 Å². The maximum absolute atomic E-state index is 5.64. The van der Waals surface area contributed by atoms with Gasteiger partial charge in [-0.3, -0.25) is 0 Å². The molecule has 1 aliphatic heterocycles. The van der Waals surface area contributed by atoms with Gasteiger partial charge in [0.15, 0.2) is 11.5 Å². The second kappa shape index (κ2) is 7.78. The van der Waals surface area contributed by atoms with E-state index in [9.17, 15) is 0 Å². The standard InChI is InChI=1S/C19H27N3O3/c1-13(2)18-15(19(23-4)22(3)21-18)12-20-8-7-14-5-6-16-17(11-14)25-10-9-24-16/h5-6,11,13,20H,7-10,12H2,1-4H3. The molecule has 1 aromatic heterocycles. The van der Waals surface area contributed by atoms with Crippen molar-refractivity contribution in [1.29, 1.82) is 0 Å². The first-order valence-corrected chi connectivity index (χ1v) is 8.79. The summed E-state index contributed by atoms with van der Waals surface area (Å²) in [7, 11) is 3.61.